The number of rotatable bonds is 1. The Labute approximate surface area is 83.9 Å². The molecule has 1 unspecified atom stereocenters. The largest absolute Gasteiger partial charge is 0.301 e. The van der Waals surface area contributed by atoms with E-state index in [2.05, 4.69) is 31.4 Å². The molecule has 1 aliphatic rings. The number of likely N-dealkylation sites (tertiary alicyclic amines) is 1. The van der Waals surface area contributed by atoms with E-state index in [1.807, 2.05) is 13.8 Å². The van der Waals surface area contributed by atoms with Gasteiger partial charge < -0.3 is 4.90 Å². The Balaban J connectivity index is 0. The molecule has 1 rings (SSSR count). The first-order chi connectivity index (χ1) is 5.84. The molecular formula is C10H25NS. The maximum atomic E-state index is 3.53. The first-order valence-electron chi connectivity index (χ1n) is 5.03. The fourth-order valence-corrected chi connectivity index (χ4v) is 1.46. The van der Waals surface area contributed by atoms with Crippen LogP contribution >= 0.6 is 12.6 Å². The van der Waals surface area contributed by atoms with Gasteiger partial charge in [-0.15, -0.1) is 0 Å². The van der Waals surface area contributed by atoms with Crippen LogP contribution in [-0.2, 0) is 0 Å². The zero-order chi connectivity index (χ0) is 9.98. The summed E-state index contributed by atoms with van der Waals surface area (Å²) < 4.78 is 0. The summed E-state index contributed by atoms with van der Waals surface area (Å²) in [5, 5.41) is 0. The van der Waals surface area contributed by atoms with Crippen molar-refractivity contribution in [3.63, 3.8) is 0 Å². The van der Waals surface area contributed by atoms with Crippen molar-refractivity contribution in [3.8, 4) is 0 Å². The second-order valence-corrected chi connectivity index (χ2v) is 2.62. The molecule has 0 saturated carbocycles. The predicted octanol–water partition coefficient (Wildman–Crippen LogP) is 3.06. The molecule has 0 radical (unpaired) electrons. The fourth-order valence-electron chi connectivity index (χ4n) is 1.46. The van der Waals surface area contributed by atoms with Crippen molar-refractivity contribution in [2.45, 2.75) is 46.6 Å². The summed E-state index contributed by atoms with van der Waals surface area (Å²) in [6, 6.07) is 0.861. The molecule has 1 aliphatic heterocycles. The second-order valence-electron chi connectivity index (χ2n) is 2.62. The second kappa shape index (κ2) is 11.3. The molecule has 1 nitrogen and oxygen atoms in total. The summed E-state index contributed by atoms with van der Waals surface area (Å²) in [5.41, 5.74) is 0. The summed E-state index contributed by atoms with van der Waals surface area (Å²) in [6.45, 7) is 11.1. The average molecular weight is 191 g/mol. The van der Waals surface area contributed by atoms with Gasteiger partial charge in [-0.1, -0.05) is 20.8 Å². The fraction of sp³-hybridized carbons (Fsp3) is 1.00. The van der Waals surface area contributed by atoms with Crippen LogP contribution in [0.2, 0.25) is 0 Å². The Hall–Kier alpha value is 0.310. The Morgan fingerprint density at radius 2 is 1.83 bits per heavy atom. The third kappa shape index (κ3) is 5.90. The topological polar surface area (TPSA) is 3.24 Å². The lowest BCUT2D eigenvalue weighted by Gasteiger charge is -2.17. The molecule has 12 heavy (non-hydrogen) atoms. The maximum Gasteiger partial charge on any atom is 0.00672 e. The van der Waals surface area contributed by atoms with Crippen LogP contribution in [0.3, 0.4) is 0 Å². The quantitative estimate of drug-likeness (QED) is 0.623. The molecule has 0 aromatic rings. The number of nitrogens with zero attached hydrogens (tertiary/aromatic N) is 1. The lowest BCUT2D eigenvalue weighted by Crippen LogP contribution is -2.25. The summed E-state index contributed by atoms with van der Waals surface area (Å²) in [4.78, 5) is 2.53. The molecule has 1 heterocycles. The highest BCUT2D eigenvalue weighted by atomic mass is 32.1. The first kappa shape index (κ1) is 14.8. The van der Waals surface area contributed by atoms with Crippen molar-refractivity contribution in [1.29, 1.82) is 0 Å². The Bertz CT molecular complexity index is 76.2. The molecule has 76 valence electrons. The lowest BCUT2D eigenvalue weighted by atomic mass is 10.2. The third-order valence-corrected chi connectivity index (χ3v) is 2.10. The van der Waals surface area contributed by atoms with Crippen molar-refractivity contribution in [2.75, 3.05) is 19.3 Å². The Kier molecular flexibility index (Phi) is 14.0. The minimum Gasteiger partial charge on any atom is -0.301 e. The molecule has 1 saturated heterocycles. The molecular weight excluding hydrogens is 166 g/mol. The highest BCUT2D eigenvalue weighted by Gasteiger charge is 2.16. The molecule has 0 N–H and O–H groups in total. The average Bonchev–Trinajstić information content (AvgIpc) is 2.58. The molecule has 0 bridgehead atoms. The summed E-state index contributed by atoms with van der Waals surface area (Å²) in [7, 11) is 0. The molecule has 2 heteroatoms. The summed E-state index contributed by atoms with van der Waals surface area (Å²) in [5.74, 6) is 0. The maximum absolute atomic E-state index is 3.53. The van der Waals surface area contributed by atoms with E-state index in [-0.39, 0.29) is 0 Å². The lowest BCUT2D eigenvalue weighted by molar-refractivity contribution is 0.284. The zero-order valence-corrected chi connectivity index (χ0v) is 10.2. The Morgan fingerprint density at radius 1 is 1.33 bits per heavy atom. The van der Waals surface area contributed by atoms with E-state index >= 15 is 0 Å². The van der Waals surface area contributed by atoms with Crippen molar-refractivity contribution in [3.05, 3.63) is 0 Å². The van der Waals surface area contributed by atoms with Crippen LogP contribution in [0.1, 0.15) is 40.5 Å². The highest BCUT2D eigenvalue weighted by Crippen LogP contribution is 2.14. The van der Waals surface area contributed by atoms with Crippen molar-refractivity contribution in [2.24, 2.45) is 0 Å². The van der Waals surface area contributed by atoms with E-state index < -0.39 is 0 Å². The van der Waals surface area contributed by atoms with Crippen LogP contribution in [0.15, 0.2) is 0 Å². The van der Waals surface area contributed by atoms with E-state index in [0.29, 0.717) is 0 Å². The SMILES string of the molecule is CC.CCN1CCCC1C.CS. The van der Waals surface area contributed by atoms with E-state index in [0.717, 1.165) is 6.04 Å². The first-order valence-corrected chi connectivity index (χ1v) is 5.93. The molecule has 0 aliphatic carbocycles. The summed E-state index contributed by atoms with van der Waals surface area (Å²) in [6.07, 6.45) is 4.52. The molecule has 0 aromatic heterocycles. The molecule has 0 aromatic carbocycles. The molecule has 0 amide bonds. The molecule has 0 spiro atoms. The minimum atomic E-state index is 0.861. The van der Waals surface area contributed by atoms with Gasteiger partial charge in [0.15, 0.2) is 0 Å². The van der Waals surface area contributed by atoms with E-state index in [9.17, 15) is 0 Å². The standard InChI is InChI=1S/C7H15N.C2H6.CH4S/c1-3-8-6-4-5-7(8)2;2*1-2/h7H,3-6H2,1-2H3;1-2H3;2H,1H3. The van der Waals surface area contributed by atoms with E-state index in [1.54, 1.807) is 6.26 Å². The van der Waals surface area contributed by atoms with Crippen LogP contribution in [0.4, 0.5) is 0 Å². The third-order valence-electron chi connectivity index (χ3n) is 2.10. The van der Waals surface area contributed by atoms with Crippen LogP contribution < -0.4 is 0 Å². The smallest absolute Gasteiger partial charge is 0.00672 e. The van der Waals surface area contributed by atoms with Gasteiger partial charge in [-0.25, -0.2) is 0 Å². The van der Waals surface area contributed by atoms with Crippen LogP contribution in [0, 0.1) is 0 Å². The monoisotopic (exact) mass is 191 g/mol. The van der Waals surface area contributed by atoms with Crippen LogP contribution in [-0.4, -0.2) is 30.3 Å². The van der Waals surface area contributed by atoms with E-state index in [4.69, 9.17) is 0 Å². The van der Waals surface area contributed by atoms with E-state index in [1.165, 1.54) is 25.9 Å². The van der Waals surface area contributed by atoms with Crippen molar-refractivity contribution in [1.82, 2.24) is 4.90 Å². The van der Waals surface area contributed by atoms with Gasteiger partial charge >= 0.3 is 0 Å². The van der Waals surface area contributed by atoms with Gasteiger partial charge in [0, 0.05) is 6.04 Å². The van der Waals surface area contributed by atoms with Gasteiger partial charge in [-0.2, -0.15) is 12.6 Å². The zero-order valence-electron chi connectivity index (χ0n) is 9.30. The number of hydrogen-bond donors (Lipinski definition) is 1. The van der Waals surface area contributed by atoms with Gasteiger partial charge in [0.1, 0.15) is 0 Å². The number of hydrogen-bond acceptors (Lipinski definition) is 2. The van der Waals surface area contributed by atoms with Gasteiger partial charge in [0.25, 0.3) is 0 Å². The van der Waals surface area contributed by atoms with Crippen LogP contribution in [0.25, 0.3) is 0 Å². The predicted molar refractivity (Wildman–Crippen MR) is 62.2 cm³/mol. The normalized spacial score (nSPS) is 22.0. The number of thiol groups is 1. The van der Waals surface area contributed by atoms with Crippen molar-refractivity contribution < 1.29 is 0 Å². The van der Waals surface area contributed by atoms with Gasteiger partial charge in [-0.05, 0) is 39.1 Å². The summed E-state index contributed by atoms with van der Waals surface area (Å²) >= 11 is 3.53. The van der Waals surface area contributed by atoms with Crippen LogP contribution in [0.5, 0.6) is 0 Å². The van der Waals surface area contributed by atoms with Gasteiger partial charge in [-0.3, -0.25) is 0 Å². The van der Waals surface area contributed by atoms with Gasteiger partial charge in [0.05, 0.1) is 0 Å². The van der Waals surface area contributed by atoms with Gasteiger partial charge in [0.2, 0.25) is 0 Å². The van der Waals surface area contributed by atoms with Crippen molar-refractivity contribution >= 4 is 12.6 Å². The molecule has 1 atom stereocenters. The highest BCUT2D eigenvalue weighted by molar-refractivity contribution is 7.79. The Morgan fingerprint density at radius 3 is 2.00 bits per heavy atom. The minimum absolute atomic E-state index is 0.861. The molecule has 1 fully saturated rings.